The van der Waals surface area contributed by atoms with Crippen molar-refractivity contribution in [1.29, 1.82) is 0 Å². The Bertz CT molecular complexity index is 584. The fourth-order valence-electron chi connectivity index (χ4n) is 3.38. The Morgan fingerprint density at radius 3 is 2.63 bits per heavy atom. The Morgan fingerprint density at radius 1 is 1.26 bits per heavy atom. The third-order valence-electron chi connectivity index (χ3n) is 5.38. The second-order valence-electron chi connectivity index (χ2n) is 7.49. The molecule has 1 fully saturated rings. The van der Waals surface area contributed by atoms with Crippen LogP contribution in [0.15, 0.2) is 29.3 Å². The molecule has 1 aromatic rings. The average molecular weight is 376 g/mol. The molecule has 1 saturated heterocycles. The molecule has 1 aromatic carbocycles. The normalized spacial score (nSPS) is 16.8. The maximum atomic E-state index is 5.43. The standard InChI is InChI=1S/C21H37N5O/c1-17(2)25(4)14-11-23-21(22-3)24-16-20(26-12-6-7-13-26)18-9-8-10-19(15-18)27-5/h8-10,15,17,20H,6-7,11-14,16H2,1-5H3,(H2,22,23,24). The van der Waals surface area contributed by atoms with Crippen LogP contribution in [0.25, 0.3) is 0 Å². The van der Waals surface area contributed by atoms with Crippen molar-refractivity contribution in [1.82, 2.24) is 20.4 Å². The van der Waals surface area contributed by atoms with E-state index in [-0.39, 0.29) is 0 Å². The predicted molar refractivity (Wildman–Crippen MR) is 114 cm³/mol. The molecule has 1 heterocycles. The van der Waals surface area contributed by atoms with Gasteiger partial charge in [0.25, 0.3) is 0 Å². The van der Waals surface area contributed by atoms with E-state index in [1.54, 1.807) is 7.11 Å². The maximum Gasteiger partial charge on any atom is 0.191 e. The molecule has 0 radical (unpaired) electrons. The number of nitrogens with zero attached hydrogens (tertiary/aromatic N) is 3. The van der Waals surface area contributed by atoms with Gasteiger partial charge in [0.15, 0.2) is 5.96 Å². The summed E-state index contributed by atoms with van der Waals surface area (Å²) < 4.78 is 5.43. The van der Waals surface area contributed by atoms with E-state index < -0.39 is 0 Å². The third-order valence-corrected chi connectivity index (χ3v) is 5.38. The number of likely N-dealkylation sites (N-methyl/N-ethyl adjacent to an activating group) is 1. The van der Waals surface area contributed by atoms with E-state index in [0.717, 1.165) is 44.4 Å². The van der Waals surface area contributed by atoms with Crippen molar-refractivity contribution in [3.8, 4) is 5.75 Å². The van der Waals surface area contributed by atoms with Crippen LogP contribution in [0.3, 0.4) is 0 Å². The van der Waals surface area contributed by atoms with Crippen LogP contribution >= 0.6 is 0 Å². The average Bonchev–Trinajstić information content (AvgIpc) is 3.21. The molecule has 27 heavy (non-hydrogen) atoms. The second-order valence-corrected chi connectivity index (χ2v) is 7.49. The van der Waals surface area contributed by atoms with Gasteiger partial charge in [-0.25, -0.2) is 0 Å². The van der Waals surface area contributed by atoms with E-state index in [2.05, 4.69) is 64.5 Å². The summed E-state index contributed by atoms with van der Waals surface area (Å²) in [6.45, 7) is 9.41. The summed E-state index contributed by atoms with van der Waals surface area (Å²) in [5.41, 5.74) is 1.29. The first-order valence-corrected chi connectivity index (χ1v) is 10.1. The largest absolute Gasteiger partial charge is 0.497 e. The molecular formula is C21H37N5O. The number of ether oxygens (including phenoxy) is 1. The van der Waals surface area contributed by atoms with Gasteiger partial charge in [-0.2, -0.15) is 0 Å². The van der Waals surface area contributed by atoms with Crippen molar-refractivity contribution >= 4 is 5.96 Å². The van der Waals surface area contributed by atoms with Crippen LogP contribution in [-0.4, -0.2) is 75.7 Å². The maximum absolute atomic E-state index is 5.43. The highest BCUT2D eigenvalue weighted by Gasteiger charge is 2.24. The number of guanidine groups is 1. The molecule has 6 heteroatoms. The highest BCUT2D eigenvalue weighted by molar-refractivity contribution is 5.79. The first kappa shape index (κ1) is 21.5. The fourth-order valence-corrected chi connectivity index (χ4v) is 3.38. The molecule has 0 amide bonds. The zero-order valence-electron chi connectivity index (χ0n) is 17.7. The number of likely N-dealkylation sites (tertiary alicyclic amines) is 1. The van der Waals surface area contributed by atoms with Crippen molar-refractivity contribution < 1.29 is 4.74 Å². The number of hydrogen-bond donors (Lipinski definition) is 2. The van der Waals surface area contributed by atoms with Crippen molar-refractivity contribution in [3.05, 3.63) is 29.8 Å². The summed E-state index contributed by atoms with van der Waals surface area (Å²) >= 11 is 0. The molecule has 0 aromatic heterocycles. The van der Waals surface area contributed by atoms with E-state index in [0.29, 0.717) is 12.1 Å². The van der Waals surface area contributed by atoms with Crippen molar-refractivity contribution in [2.24, 2.45) is 4.99 Å². The van der Waals surface area contributed by atoms with Crippen LogP contribution in [0, 0.1) is 0 Å². The zero-order valence-corrected chi connectivity index (χ0v) is 17.7. The Hall–Kier alpha value is -1.79. The summed E-state index contributed by atoms with van der Waals surface area (Å²) in [5.74, 6) is 1.77. The van der Waals surface area contributed by atoms with Crippen molar-refractivity contribution in [2.45, 2.75) is 38.8 Å². The molecule has 1 unspecified atom stereocenters. The molecular weight excluding hydrogens is 338 g/mol. The predicted octanol–water partition coefficient (Wildman–Crippen LogP) is 2.34. The molecule has 2 N–H and O–H groups in total. The van der Waals surface area contributed by atoms with Crippen molar-refractivity contribution in [2.75, 3.05) is 53.9 Å². The Morgan fingerprint density at radius 2 is 2.00 bits per heavy atom. The molecule has 0 aliphatic carbocycles. The molecule has 0 bridgehead atoms. The number of hydrogen-bond acceptors (Lipinski definition) is 4. The molecule has 2 rings (SSSR count). The van der Waals surface area contributed by atoms with Crippen LogP contribution in [0.2, 0.25) is 0 Å². The molecule has 0 saturated carbocycles. The number of benzene rings is 1. The van der Waals surface area contributed by atoms with Gasteiger partial charge in [-0.15, -0.1) is 0 Å². The molecule has 6 nitrogen and oxygen atoms in total. The van der Waals surface area contributed by atoms with Crippen LogP contribution in [-0.2, 0) is 0 Å². The van der Waals surface area contributed by atoms with Crippen LogP contribution in [0.5, 0.6) is 5.75 Å². The monoisotopic (exact) mass is 375 g/mol. The summed E-state index contributed by atoms with van der Waals surface area (Å²) in [6.07, 6.45) is 2.55. The number of rotatable bonds is 9. The van der Waals surface area contributed by atoms with Gasteiger partial charge in [0.05, 0.1) is 13.2 Å². The summed E-state index contributed by atoms with van der Waals surface area (Å²) in [6, 6.07) is 9.30. The highest BCUT2D eigenvalue weighted by atomic mass is 16.5. The van der Waals surface area contributed by atoms with Crippen LogP contribution in [0.1, 0.15) is 38.3 Å². The van der Waals surface area contributed by atoms with Crippen molar-refractivity contribution in [3.63, 3.8) is 0 Å². The van der Waals surface area contributed by atoms with Gasteiger partial charge in [0.2, 0.25) is 0 Å². The lowest BCUT2D eigenvalue weighted by Gasteiger charge is -2.29. The van der Waals surface area contributed by atoms with Gasteiger partial charge in [-0.05, 0) is 64.5 Å². The van der Waals surface area contributed by atoms with E-state index in [1.807, 2.05) is 13.1 Å². The number of methoxy groups -OCH3 is 1. The third kappa shape index (κ3) is 6.70. The first-order valence-electron chi connectivity index (χ1n) is 10.1. The van der Waals surface area contributed by atoms with Gasteiger partial charge in [-0.3, -0.25) is 9.89 Å². The van der Waals surface area contributed by atoms with E-state index in [9.17, 15) is 0 Å². The van der Waals surface area contributed by atoms with E-state index in [4.69, 9.17) is 4.74 Å². The van der Waals surface area contributed by atoms with E-state index >= 15 is 0 Å². The van der Waals surface area contributed by atoms with Gasteiger partial charge in [-0.1, -0.05) is 12.1 Å². The molecule has 152 valence electrons. The SMILES string of the molecule is CN=C(NCCN(C)C(C)C)NCC(c1cccc(OC)c1)N1CCCC1. The second kappa shape index (κ2) is 11.1. The molecule has 1 aliphatic rings. The summed E-state index contributed by atoms with van der Waals surface area (Å²) in [5, 5.41) is 6.95. The van der Waals surface area contributed by atoms with Gasteiger partial charge in [0.1, 0.15) is 5.75 Å². The lowest BCUT2D eigenvalue weighted by atomic mass is 10.1. The van der Waals surface area contributed by atoms with E-state index in [1.165, 1.54) is 18.4 Å². The lowest BCUT2D eigenvalue weighted by Crippen LogP contribution is -2.45. The Kier molecular flexibility index (Phi) is 8.88. The van der Waals surface area contributed by atoms with Crippen LogP contribution in [0.4, 0.5) is 0 Å². The molecule has 0 spiro atoms. The zero-order chi connectivity index (χ0) is 19.6. The topological polar surface area (TPSA) is 52.1 Å². The lowest BCUT2D eigenvalue weighted by molar-refractivity contribution is 0.244. The first-order chi connectivity index (χ1) is 13.0. The molecule has 1 aliphatic heterocycles. The summed E-state index contributed by atoms with van der Waals surface area (Å²) in [4.78, 5) is 9.27. The minimum absolute atomic E-state index is 0.319. The summed E-state index contributed by atoms with van der Waals surface area (Å²) in [7, 11) is 5.70. The minimum Gasteiger partial charge on any atom is -0.497 e. The number of nitrogens with one attached hydrogen (secondary N) is 2. The number of aliphatic imine (C=N–C) groups is 1. The van der Waals surface area contributed by atoms with Crippen LogP contribution < -0.4 is 15.4 Å². The molecule has 1 atom stereocenters. The minimum atomic E-state index is 0.319. The Labute approximate surface area is 165 Å². The van der Waals surface area contributed by atoms with Gasteiger partial charge >= 0.3 is 0 Å². The Balaban J connectivity index is 1.96. The van der Waals surface area contributed by atoms with Gasteiger partial charge in [0, 0.05) is 32.7 Å². The quantitative estimate of drug-likeness (QED) is 0.513. The highest BCUT2D eigenvalue weighted by Crippen LogP contribution is 2.27. The smallest absolute Gasteiger partial charge is 0.191 e. The fraction of sp³-hybridized carbons (Fsp3) is 0.667. The van der Waals surface area contributed by atoms with Gasteiger partial charge < -0.3 is 20.3 Å².